The van der Waals surface area contributed by atoms with Crippen molar-refractivity contribution in [3.05, 3.63) is 30.1 Å². The summed E-state index contributed by atoms with van der Waals surface area (Å²) in [6.45, 7) is 2.61. The fraction of sp³-hybridized carbons (Fsp3) is 0.429. The summed E-state index contributed by atoms with van der Waals surface area (Å²) in [5.74, 6) is 0.809. The predicted octanol–water partition coefficient (Wildman–Crippen LogP) is 2.27. The molecule has 0 radical (unpaired) electrons. The topological polar surface area (TPSA) is 58.0 Å². The first kappa shape index (κ1) is 11.4. The molecule has 1 aromatic heterocycles. The van der Waals surface area contributed by atoms with Gasteiger partial charge in [-0.25, -0.2) is 9.97 Å². The Hall–Kier alpha value is -1.68. The van der Waals surface area contributed by atoms with E-state index in [2.05, 4.69) is 28.3 Å². The Bertz CT molecular complexity index is 578. The van der Waals surface area contributed by atoms with Crippen molar-refractivity contribution in [2.75, 3.05) is 11.9 Å². The van der Waals surface area contributed by atoms with Crippen LogP contribution in [-0.2, 0) is 0 Å². The molecular formula is C14H17N3O. The molecule has 1 saturated carbocycles. The van der Waals surface area contributed by atoms with E-state index >= 15 is 0 Å². The van der Waals surface area contributed by atoms with Gasteiger partial charge in [0.15, 0.2) is 0 Å². The third-order valence-electron chi connectivity index (χ3n) is 3.66. The second kappa shape index (κ2) is 4.21. The van der Waals surface area contributed by atoms with Crippen LogP contribution in [0.4, 0.5) is 5.82 Å². The van der Waals surface area contributed by atoms with Crippen LogP contribution >= 0.6 is 0 Å². The van der Waals surface area contributed by atoms with Gasteiger partial charge in [-0.15, -0.1) is 0 Å². The number of hydrogen-bond donors (Lipinski definition) is 2. The smallest absolute Gasteiger partial charge is 0.137 e. The van der Waals surface area contributed by atoms with E-state index < -0.39 is 5.60 Å². The van der Waals surface area contributed by atoms with Crippen molar-refractivity contribution in [3.8, 4) is 0 Å². The first-order valence-corrected chi connectivity index (χ1v) is 6.34. The fourth-order valence-electron chi connectivity index (χ4n) is 2.32. The molecule has 1 fully saturated rings. The van der Waals surface area contributed by atoms with E-state index in [-0.39, 0.29) is 0 Å². The van der Waals surface area contributed by atoms with E-state index in [4.69, 9.17) is 0 Å². The Balaban J connectivity index is 1.88. The summed E-state index contributed by atoms with van der Waals surface area (Å²) in [4.78, 5) is 8.52. The molecule has 94 valence electrons. The summed E-state index contributed by atoms with van der Waals surface area (Å²) in [6.07, 6.45) is 4.43. The zero-order valence-electron chi connectivity index (χ0n) is 10.5. The molecular weight excluding hydrogens is 226 g/mol. The summed E-state index contributed by atoms with van der Waals surface area (Å²) in [7, 11) is 0. The third-order valence-corrected chi connectivity index (χ3v) is 3.66. The molecule has 2 aromatic rings. The van der Waals surface area contributed by atoms with Crippen molar-refractivity contribution in [3.63, 3.8) is 0 Å². The van der Waals surface area contributed by atoms with Gasteiger partial charge in [0.1, 0.15) is 12.1 Å². The quantitative estimate of drug-likeness (QED) is 0.868. The molecule has 0 amide bonds. The van der Waals surface area contributed by atoms with Crippen molar-refractivity contribution in [1.29, 1.82) is 0 Å². The van der Waals surface area contributed by atoms with Gasteiger partial charge in [0.25, 0.3) is 0 Å². The number of fused-ring (bicyclic) bond motifs is 1. The van der Waals surface area contributed by atoms with Gasteiger partial charge in [0.2, 0.25) is 0 Å². The van der Waals surface area contributed by atoms with E-state index in [1.54, 1.807) is 6.33 Å². The number of hydrogen-bond acceptors (Lipinski definition) is 4. The van der Waals surface area contributed by atoms with Gasteiger partial charge >= 0.3 is 0 Å². The Morgan fingerprint density at radius 1 is 1.33 bits per heavy atom. The molecule has 2 N–H and O–H groups in total. The van der Waals surface area contributed by atoms with Crippen molar-refractivity contribution in [2.45, 2.75) is 31.8 Å². The number of nitrogens with one attached hydrogen (secondary N) is 1. The van der Waals surface area contributed by atoms with Gasteiger partial charge in [-0.05, 0) is 38.3 Å². The maximum Gasteiger partial charge on any atom is 0.137 e. The molecule has 0 atom stereocenters. The highest BCUT2D eigenvalue weighted by Gasteiger charge is 2.34. The molecule has 18 heavy (non-hydrogen) atoms. The number of aliphatic hydroxyl groups is 1. The lowest BCUT2D eigenvalue weighted by Crippen LogP contribution is -2.43. The Labute approximate surface area is 106 Å². The largest absolute Gasteiger partial charge is 0.388 e. The van der Waals surface area contributed by atoms with Crippen molar-refractivity contribution >= 4 is 16.7 Å². The summed E-state index contributed by atoms with van der Waals surface area (Å²) >= 11 is 0. The van der Waals surface area contributed by atoms with Crippen LogP contribution in [0.2, 0.25) is 0 Å². The molecule has 0 spiro atoms. The third kappa shape index (κ3) is 2.04. The molecule has 0 unspecified atom stereocenters. The molecule has 3 rings (SSSR count). The van der Waals surface area contributed by atoms with Crippen molar-refractivity contribution < 1.29 is 5.11 Å². The average Bonchev–Trinajstić information content (AvgIpc) is 2.34. The molecule has 0 aliphatic heterocycles. The lowest BCUT2D eigenvalue weighted by molar-refractivity contribution is -0.0202. The summed E-state index contributed by atoms with van der Waals surface area (Å²) in [5, 5.41) is 14.4. The van der Waals surface area contributed by atoms with Crippen LogP contribution in [-0.4, -0.2) is 27.2 Å². The van der Waals surface area contributed by atoms with Crippen LogP contribution in [0.3, 0.4) is 0 Å². The molecule has 4 heteroatoms. The van der Waals surface area contributed by atoms with Crippen LogP contribution in [0.5, 0.6) is 0 Å². The normalized spacial score (nSPS) is 17.4. The van der Waals surface area contributed by atoms with E-state index in [1.165, 1.54) is 5.56 Å². The fourth-order valence-corrected chi connectivity index (χ4v) is 2.32. The summed E-state index contributed by atoms with van der Waals surface area (Å²) < 4.78 is 0. The molecule has 1 aromatic carbocycles. The molecule has 1 aliphatic rings. The molecule has 1 heterocycles. The monoisotopic (exact) mass is 243 g/mol. The standard InChI is InChI=1S/C14H17N3O/c1-10-3-4-12-11(7-10)13(17-9-16-12)15-8-14(18)5-2-6-14/h3-4,7,9,18H,2,5-6,8H2,1H3,(H,15,16,17). The van der Waals surface area contributed by atoms with Gasteiger partial charge in [0, 0.05) is 11.9 Å². The van der Waals surface area contributed by atoms with Gasteiger partial charge in [-0.3, -0.25) is 0 Å². The number of nitrogens with zero attached hydrogens (tertiary/aromatic N) is 2. The lowest BCUT2D eigenvalue weighted by atomic mass is 9.80. The maximum atomic E-state index is 10.1. The SMILES string of the molecule is Cc1ccc2ncnc(NCC3(O)CCC3)c2c1. The highest BCUT2D eigenvalue weighted by molar-refractivity contribution is 5.89. The average molecular weight is 243 g/mol. The number of aryl methyl sites for hydroxylation is 1. The van der Waals surface area contributed by atoms with Crippen LogP contribution in [0, 0.1) is 6.92 Å². The highest BCUT2D eigenvalue weighted by Crippen LogP contribution is 2.32. The Morgan fingerprint density at radius 3 is 2.89 bits per heavy atom. The zero-order chi connectivity index (χ0) is 12.6. The summed E-state index contributed by atoms with van der Waals surface area (Å²) in [6, 6.07) is 6.11. The second-order valence-corrected chi connectivity index (χ2v) is 5.17. The van der Waals surface area contributed by atoms with E-state index in [1.807, 2.05) is 12.1 Å². The Kier molecular flexibility index (Phi) is 2.67. The van der Waals surface area contributed by atoms with Crippen molar-refractivity contribution in [2.24, 2.45) is 0 Å². The maximum absolute atomic E-state index is 10.1. The predicted molar refractivity (Wildman–Crippen MR) is 71.6 cm³/mol. The minimum Gasteiger partial charge on any atom is -0.388 e. The van der Waals surface area contributed by atoms with E-state index in [0.717, 1.165) is 36.0 Å². The van der Waals surface area contributed by atoms with Gasteiger partial charge in [0.05, 0.1) is 11.1 Å². The van der Waals surface area contributed by atoms with Crippen molar-refractivity contribution in [1.82, 2.24) is 9.97 Å². The molecule has 0 saturated heterocycles. The summed E-state index contributed by atoms with van der Waals surface area (Å²) in [5.41, 5.74) is 1.57. The number of rotatable bonds is 3. The molecule has 0 bridgehead atoms. The minimum atomic E-state index is -0.541. The van der Waals surface area contributed by atoms with Gasteiger partial charge in [-0.1, -0.05) is 11.6 Å². The first-order chi connectivity index (χ1) is 8.66. The minimum absolute atomic E-state index is 0.541. The molecule has 4 nitrogen and oxygen atoms in total. The lowest BCUT2D eigenvalue weighted by Gasteiger charge is -2.36. The van der Waals surface area contributed by atoms with Crippen LogP contribution in [0.15, 0.2) is 24.5 Å². The molecule has 1 aliphatic carbocycles. The van der Waals surface area contributed by atoms with Gasteiger partial charge < -0.3 is 10.4 Å². The van der Waals surface area contributed by atoms with Crippen LogP contribution in [0.1, 0.15) is 24.8 Å². The highest BCUT2D eigenvalue weighted by atomic mass is 16.3. The number of aromatic nitrogens is 2. The van der Waals surface area contributed by atoms with Crippen LogP contribution < -0.4 is 5.32 Å². The van der Waals surface area contributed by atoms with E-state index in [0.29, 0.717) is 6.54 Å². The number of anilines is 1. The Morgan fingerprint density at radius 2 is 2.17 bits per heavy atom. The zero-order valence-corrected chi connectivity index (χ0v) is 10.5. The van der Waals surface area contributed by atoms with Gasteiger partial charge in [-0.2, -0.15) is 0 Å². The second-order valence-electron chi connectivity index (χ2n) is 5.17. The first-order valence-electron chi connectivity index (χ1n) is 6.34. The van der Waals surface area contributed by atoms with Crippen LogP contribution in [0.25, 0.3) is 10.9 Å². The number of benzene rings is 1. The van der Waals surface area contributed by atoms with E-state index in [9.17, 15) is 5.11 Å².